The molecule has 0 fully saturated rings. The van der Waals surface area contributed by atoms with Gasteiger partial charge in [0.15, 0.2) is 0 Å². The zero-order valence-corrected chi connectivity index (χ0v) is 12.8. The fourth-order valence-electron chi connectivity index (χ4n) is 2.07. The van der Waals surface area contributed by atoms with Gasteiger partial charge < -0.3 is 14.5 Å². The van der Waals surface area contributed by atoms with Crippen molar-refractivity contribution >= 4 is 17.3 Å². The fourth-order valence-corrected chi connectivity index (χ4v) is 2.07. The van der Waals surface area contributed by atoms with Crippen LogP contribution >= 0.6 is 0 Å². The van der Waals surface area contributed by atoms with E-state index in [4.69, 9.17) is 9.15 Å². The lowest BCUT2D eigenvalue weighted by Crippen LogP contribution is -2.29. The maximum Gasteiger partial charge on any atom is 0.271 e. The third-order valence-electron chi connectivity index (χ3n) is 3.09. The molecule has 0 unspecified atom stereocenters. The third kappa shape index (κ3) is 4.55. The number of anilines is 1. The molecular weight excluding hydrogens is 302 g/mol. The number of benzene rings is 1. The fraction of sp³-hybridized carbons (Fsp3) is 0.267. The van der Waals surface area contributed by atoms with Crippen LogP contribution in [-0.2, 0) is 11.3 Å². The lowest BCUT2D eigenvalue weighted by molar-refractivity contribution is -0.384. The molecule has 0 aliphatic carbocycles. The number of rotatable bonds is 7. The second-order valence-corrected chi connectivity index (χ2v) is 4.94. The lowest BCUT2D eigenvalue weighted by atomic mass is 10.2. The summed E-state index contributed by atoms with van der Waals surface area (Å²) in [6.45, 7) is 0.582. The summed E-state index contributed by atoms with van der Waals surface area (Å²) < 4.78 is 10.3. The highest BCUT2D eigenvalue weighted by molar-refractivity contribution is 5.94. The number of furan rings is 1. The number of nitro benzene ring substituents is 1. The minimum Gasteiger partial charge on any atom is -0.495 e. The third-order valence-corrected chi connectivity index (χ3v) is 3.09. The normalized spacial score (nSPS) is 10.6. The van der Waals surface area contributed by atoms with Gasteiger partial charge in [-0.1, -0.05) is 0 Å². The topological polar surface area (TPSA) is 97.8 Å². The number of non-ortho nitro benzene ring substituents is 1. The van der Waals surface area contributed by atoms with E-state index in [0.29, 0.717) is 12.3 Å². The van der Waals surface area contributed by atoms with Crippen molar-refractivity contribution in [1.82, 2.24) is 4.90 Å². The van der Waals surface area contributed by atoms with Crippen molar-refractivity contribution < 1.29 is 18.9 Å². The van der Waals surface area contributed by atoms with Crippen LogP contribution in [0.4, 0.5) is 11.4 Å². The number of nitro groups is 1. The molecule has 8 heteroatoms. The molecule has 23 heavy (non-hydrogen) atoms. The van der Waals surface area contributed by atoms with E-state index in [1.165, 1.54) is 25.3 Å². The molecule has 2 rings (SSSR count). The van der Waals surface area contributed by atoms with Gasteiger partial charge >= 0.3 is 0 Å². The van der Waals surface area contributed by atoms with Crippen molar-refractivity contribution in [2.45, 2.75) is 6.54 Å². The Labute approximate surface area is 132 Å². The first-order valence-corrected chi connectivity index (χ1v) is 6.83. The number of hydrogen-bond donors (Lipinski definition) is 1. The van der Waals surface area contributed by atoms with E-state index in [1.54, 1.807) is 24.3 Å². The van der Waals surface area contributed by atoms with Crippen molar-refractivity contribution in [2.75, 3.05) is 26.0 Å². The summed E-state index contributed by atoms with van der Waals surface area (Å²) in [4.78, 5) is 24.2. The number of carbonyl (C=O) groups excluding carboxylic acids is 1. The maximum atomic E-state index is 12.1. The van der Waals surface area contributed by atoms with Gasteiger partial charge in [0.25, 0.3) is 5.69 Å². The van der Waals surface area contributed by atoms with Gasteiger partial charge in [-0.2, -0.15) is 0 Å². The Kier molecular flexibility index (Phi) is 5.32. The van der Waals surface area contributed by atoms with E-state index in [2.05, 4.69) is 5.32 Å². The first kappa shape index (κ1) is 16.5. The summed E-state index contributed by atoms with van der Waals surface area (Å²) in [5, 5.41) is 13.5. The van der Waals surface area contributed by atoms with Crippen LogP contribution in [0.15, 0.2) is 41.0 Å². The molecule has 1 aromatic heterocycles. The highest BCUT2D eigenvalue weighted by atomic mass is 16.6. The van der Waals surface area contributed by atoms with E-state index < -0.39 is 4.92 Å². The van der Waals surface area contributed by atoms with Crippen molar-refractivity contribution in [2.24, 2.45) is 0 Å². The minimum absolute atomic E-state index is 0.104. The van der Waals surface area contributed by atoms with Gasteiger partial charge in [0, 0.05) is 12.1 Å². The van der Waals surface area contributed by atoms with Crippen LogP contribution in [0.1, 0.15) is 5.76 Å². The molecule has 1 heterocycles. The van der Waals surface area contributed by atoms with Gasteiger partial charge in [-0.25, -0.2) is 0 Å². The van der Waals surface area contributed by atoms with Gasteiger partial charge in [0.1, 0.15) is 11.5 Å². The average Bonchev–Trinajstić information content (AvgIpc) is 2.99. The molecule has 0 atom stereocenters. The van der Waals surface area contributed by atoms with Crippen molar-refractivity contribution in [1.29, 1.82) is 0 Å². The van der Waals surface area contributed by atoms with Gasteiger partial charge in [-0.3, -0.25) is 19.8 Å². The Balaban J connectivity index is 2.01. The van der Waals surface area contributed by atoms with Crippen LogP contribution < -0.4 is 10.1 Å². The van der Waals surface area contributed by atoms with Crippen LogP contribution in [-0.4, -0.2) is 36.4 Å². The van der Waals surface area contributed by atoms with Crippen molar-refractivity contribution in [3.8, 4) is 5.75 Å². The molecule has 0 saturated carbocycles. The molecule has 0 spiro atoms. The number of nitrogens with zero attached hydrogens (tertiary/aromatic N) is 2. The smallest absolute Gasteiger partial charge is 0.271 e. The predicted molar refractivity (Wildman–Crippen MR) is 83.3 cm³/mol. The summed E-state index contributed by atoms with van der Waals surface area (Å²) >= 11 is 0. The highest BCUT2D eigenvalue weighted by Gasteiger charge is 2.15. The SMILES string of the molecule is COc1ccc([N+](=O)[O-])cc1NC(=O)CN(C)Cc1ccco1. The number of methoxy groups -OCH3 is 1. The molecule has 0 bridgehead atoms. The van der Waals surface area contributed by atoms with Crippen LogP contribution in [0.25, 0.3) is 0 Å². The molecule has 1 aromatic carbocycles. The monoisotopic (exact) mass is 319 g/mol. The van der Waals surface area contributed by atoms with Crippen molar-refractivity contribution in [3.63, 3.8) is 0 Å². The first-order chi connectivity index (χ1) is 11.0. The average molecular weight is 319 g/mol. The number of carbonyl (C=O) groups is 1. The summed E-state index contributed by atoms with van der Waals surface area (Å²) in [5.74, 6) is 0.795. The molecule has 8 nitrogen and oxygen atoms in total. The molecule has 0 aliphatic heterocycles. The standard InChI is InChI=1S/C15H17N3O5/c1-17(9-12-4-3-7-23-12)10-15(19)16-13-8-11(18(20)21)5-6-14(13)22-2/h3-8H,9-10H2,1-2H3,(H,16,19). The van der Waals surface area contributed by atoms with Crippen molar-refractivity contribution in [3.05, 3.63) is 52.5 Å². The van der Waals surface area contributed by atoms with E-state index in [9.17, 15) is 14.9 Å². The van der Waals surface area contributed by atoms with E-state index in [1.807, 2.05) is 6.07 Å². The maximum absolute atomic E-state index is 12.1. The Morgan fingerprint density at radius 1 is 1.43 bits per heavy atom. The second kappa shape index (κ2) is 7.41. The molecule has 2 aromatic rings. The zero-order valence-electron chi connectivity index (χ0n) is 12.8. The van der Waals surface area contributed by atoms with Gasteiger partial charge in [-0.05, 0) is 25.2 Å². The Morgan fingerprint density at radius 2 is 2.22 bits per heavy atom. The predicted octanol–water partition coefficient (Wildman–Crippen LogP) is 2.27. The Morgan fingerprint density at radius 3 is 2.83 bits per heavy atom. The molecule has 1 N–H and O–H groups in total. The minimum atomic E-state index is -0.530. The zero-order chi connectivity index (χ0) is 16.8. The van der Waals surface area contributed by atoms with E-state index >= 15 is 0 Å². The number of likely N-dealkylation sites (N-methyl/N-ethyl adjacent to an activating group) is 1. The number of nitrogens with one attached hydrogen (secondary N) is 1. The molecule has 122 valence electrons. The van der Waals surface area contributed by atoms with Crippen LogP contribution in [0, 0.1) is 10.1 Å². The van der Waals surface area contributed by atoms with Gasteiger partial charge in [0.05, 0.1) is 37.1 Å². The van der Waals surface area contributed by atoms with E-state index in [0.717, 1.165) is 5.76 Å². The number of amides is 1. The number of hydrogen-bond acceptors (Lipinski definition) is 6. The summed E-state index contributed by atoms with van der Waals surface area (Å²) in [7, 11) is 3.20. The van der Waals surface area contributed by atoms with Crippen LogP contribution in [0.3, 0.4) is 0 Å². The summed E-state index contributed by atoms with van der Waals surface area (Å²) in [5.41, 5.74) is 0.142. The van der Waals surface area contributed by atoms with Crippen LogP contribution in [0.5, 0.6) is 5.75 Å². The molecule has 1 amide bonds. The molecule has 0 saturated heterocycles. The second-order valence-electron chi connectivity index (χ2n) is 4.94. The Hall–Kier alpha value is -2.87. The van der Waals surface area contributed by atoms with Gasteiger partial charge in [-0.15, -0.1) is 0 Å². The van der Waals surface area contributed by atoms with E-state index in [-0.39, 0.29) is 23.8 Å². The largest absolute Gasteiger partial charge is 0.495 e. The van der Waals surface area contributed by atoms with Gasteiger partial charge in [0.2, 0.25) is 5.91 Å². The first-order valence-electron chi connectivity index (χ1n) is 6.83. The number of ether oxygens (including phenoxy) is 1. The van der Waals surface area contributed by atoms with Crippen LogP contribution in [0.2, 0.25) is 0 Å². The summed E-state index contributed by atoms with van der Waals surface area (Å²) in [6.07, 6.45) is 1.57. The summed E-state index contributed by atoms with van der Waals surface area (Å²) in [6, 6.07) is 7.62. The molecular formula is C15H17N3O5. The lowest BCUT2D eigenvalue weighted by Gasteiger charge is -2.15. The highest BCUT2D eigenvalue weighted by Crippen LogP contribution is 2.28. The molecule has 0 radical (unpaired) electrons. The Bertz CT molecular complexity index is 684. The quantitative estimate of drug-likeness (QED) is 0.621. The molecule has 0 aliphatic rings.